The monoisotopic (exact) mass is 293 g/mol. The molecular weight excluding hydrogens is 278 g/mol. The van der Waals surface area contributed by atoms with Gasteiger partial charge in [0, 0.05) is 18.4 Å². The van der Waals surface area contributed by atoms with Crippen molar-refractivity contribution in [1.82, 2.24) is 4.90 Å². The second-order valence-electron chi connectivity index (χ2n) is 5.06. The maximum atomic E-state index is 11.6. The number of hydrogen-bond acceptors (Lipinski definition) is 3. The van der Waals surface area contributed by atoms with Crippen molar-refractivity contribution in [3.63, 3.8) is 0 Å². The molecule has 1 rings (SSSR count). The van der Waals surface area contributed by atoms with E-state index >= 15 is 0 Å². The molecule has 16 heavy (non-hydrogen) atoms. The largest absolute Gasteiger partial charge is 0.481 e. The normalized spacial score (nSPS) is 18.9. The van der Waals surface area contributed by atoms with Gasteiger partial charge in [-0.05, 0) is 20.8 Å². The Labute approximate surface area is 103 Å². The molecule has 0 aliphatic carbocycles. The average molecular weight is 294 g/mol. The Hall–Kier alpha value is -0.780. The van der Waals surface area contributed by atoms with Gasteiger partial charge in [-0.1, -0.05) is 15.9 Å². The summed E-state index contributed by atoms with van der Waals surface area (Å²) < 4.78 is 5.14. The first-order chi connectivity index (χ1) is 7.20. The molecule has 0 atom stereocenters. The summed E-state index contributed by atoms with van der Waals surface area (Å²) in [5.41, 5.74) is -1.40. The van der Waals surface area contributed by atoms with Crippen LogP contribution in [0.3, 0.4) is 0 Å². The van der Waals surface area contributed by atoms with Crippen LogP contribution < -0.4 is 0 Å². The number of alkyl halides is 1. The number of aliphatic carboxylic acids is 1. The number of halogens is 1. The fraction of sp³-hybridized carbons (Fsp3) is 0.800. The lowest BCUT2D eigenvalue weighted by Gasteiger charge is -2.45. The Morgan fingerprint density at radius 3 is 2.25 bits per heavy atom. The van der Waals surface area contributed by atoms with Crippen LogP contribution in [0.1, 0.15) is 20.8 Å². The summed E-state index contributed by atoms with van der Waals surface area (Å²) in [6.45, 7) is 5.73. The molecule has 0 spiro atoms. The van der Waals surface area contributed by atoms with E-state index in [2.05, 4.69) is 15.9 Å². The minimum absolute atomic E-state index is 0.197. The summed E-state index contributed by atoms with van der Waals surface area (Å²) in [6, 6.07) is 0. The van der Waals surface area contributed by atoms with Crippen LogP contribution in [0.5, 0.6) is 0 Å². The van der Waals surface area contributed by atoms with Crippen LogP contribution >= 0.6 is 15.9 Å². The van der Waals surface area contributed by atoms with Crippen molar-refractivity contribution >= 4 is 28.0 Å². The second kappa shape index (κ2) is 4.24. The van der Waals surface area contributed by atoms with Gasteiger partial charge in [-0.3, -0.25) is 4.79 Å². The highest BCUT2D eigenvalue weighted by Crippen LogP contribution is 2.33. The Bertz CT molecular complexity index is 304. The zero-order valence-electron chi connectivity index (χ0n) is 9.62. The highest BCUT2D eigenvalue weighted by atomic mass is 79.9. The van der Waals surface area contributed by atoms with Gasteiger partial charge in [-0.2, -0.15) is 0 Å². The molecule has 1 saturated heterocycles. The Morgan fingerprint density at radius 1 is 1.44 bits per heavy atom. The van der Waals surface area contributed by atoms with Gasteiger partial charge in [0.1, 0.15) is 11.0 Å². The SMILES string of the molecule is CC(C)(C)OC(=O)N1CC(CBr)(C(=O)O)C1. The van der Waals surface area contributed by atoms with Gasteiger partial charge in [0.2, 0.25) is 0 Å². The summed E-state index contributed by atoms with van der Waals surface area (Å²) in [5.74, 6) is -0.885. The second-order valence-corrected chi connectivity index (χ2v) is 5.62. The van der Waals surface area contributed by atoms with Gasteiger partial charge in [0.15, 0.2) is 0 Å². The molecule has 0 aromatic rings. The van der Waals surface area contributed by atoms with Crippen molar-refractivity contribution in [2.24, 2.45) is 5.41 Å². The van der Waals surface area contributed by atoms with Crippen molar-refractivity contribution in [3.8, 4) is 0 Å². The third-order valence-electron chi connectivity index (χ3n) is 2.35. The molecule has 1 fully saturated rings. The summed E-state index contributed by atoms with van der Waals surface area (Å²) in [5, 5.41) is 9.35. The molecule has 1 amide bonds. The number of likely N-dealkylation sites (tertiary alicyclic amines) is 1. The van der Waals surface area contributed by atoms with Gasteiger partial charge < -0.3 is 14.7 Å². The third-order valence-corrected chi connectivity index (χ3v) is 3.42. The van der Waals surface area contributed by atoms with E-state index in [1.165, 1.54) is 4.90 Å². The number of ether oxygens (including phenoxy) is 1. The summed E-state index contributed by atoms with van der Waals surface area (Å²) in [6.07, 6.45) is -0.453. The fourth-order valence-corrected chi connectivity index (χ4v) is 2.01. The summed E-state index contributed by atoms with van der Waals surface area (Å²) in [7, 11) is 0. The third kappa shape index (κ3) is 2.66. The minimum Gasteiger partial charge on any atom is -0.481 e. The standard InChI is InChI=1S/C10H16BrNO4/c1-9(2,3)16-8(15)12-5-10(4-11,6-12)7(13)14/h4-6H2,1-3H3,(H,13,14). The number of carbonyl (C=O) groups is 2. The van der Waals surface area contributed by atoms with Gasteiger partial charge >= 0.3 is 12.1 Å². The van der Waals surface area contributed by atoms with E-state index in [1.807, 2.05) is 0 Å². The predicted octanol–water partition coefficient (Wildman–Crippen LogP) is 1.70. The molecule has 1 N–H and O–H groups in total. The van der Waals surface area contributed by atoms with Gasteiger partial charge in [0.05, 0.1) is 0 Å². The average Bonchev–Trinajstić information content (AvgIpc) is 1.98. The molecule has 1 heterocycles. The maximum absolute atomic E-state index is 11.6. The van der Waals surface area contributed by atoms with E-state index < -0.39 is 23.1 Å². The topological polar surface area (TPSA) is 66.8 Å². The molecule has 0 bridgehead atoms. The Morgan fingerprint density at radius 2 is 1.94 bits per heavy atom. The van der Waals surface area contributed by atoms with Crippen LogP contribution in [-0.4, -0.2) is 46.1 Å². The molecule has 0 saturated carbocycles. The van der Waals surface area contributed by atoms with Crippen LogP contribution in [0.4, 0.5) is 4.79 Å². The quantitative estimate of drug-likeness (QED) is 0.787. The van der Waals surface area contributed by atoms with E-state index in [4.69, 9.17) is 9.84 Å². The van der Waals surface area contributed by atoms with Crippen molar-refractivity contribution in [1.29, 1.82) is 0 Å². The van der Waals surface area contributed by atoms with Crippen LogP contribution in [0, 0.1) is 5.41 Å². The van der Waals surface area contributed by atoms with Crippen LogP contribution in [0.2, 0.25) is 0 Å². The molecule has 92 valence electrons. The van der Waals surface area contributed by atoms with Crippen molar-refractivity contribution in [3.05, 3.63) is 0 Å². The number of carboxylic acid groups (broad SMARTS) is 1. The lowest BCUT2D eigenvalue weighted by atomic mass is 9.82. The molecule has 0 radical (unpaired) electrons. The number of hydrogen-bond donors (Lipinski definition) is 1. The molecule has 1 aliphatic rings. The molecule has 5 nitrogen and oxygen atoms in total. The van der Waals surface area contributed by atoms with E-state index in [-0.39, 0.29) is 13.1 Å². The van der Waals surface area contributed by atoms with Gasteiger partial charge in [-0.25, -0.2) is 4.79 Å². The van der Waals surface area contributed by atoms with E-state index in [0.29, 0.717) is 5.33 Å². The molecule has 0 aromatic carbocycles. The number of carbonyl (C=O) groups excluding carboxylic acids is 1. The molecule has 0 unspecified atom stereocenters. The number of rotatable bonds is 2. The molecule has 6 heteroatoms. The van der Waals surface area contributed by atoms with E-state index in [9.17, 15) is 9.59 Å². The van der Waals surface area contributed by atoms with Crippen molar-refractivity contribution in [2.75, 3.05) is 18.4 Å². The molecule has 1 aliphatic heterocycles. The number of carboxylic acids is 1. The summed E-state index contributed by atoms with van der Waals surface area (Å²) >= 11 is 3.16. The zero-order chi connectivity index (χ0) is 12.6. The maximum Gasteiger partial charge on any atom is 0.410 e. The lowest BCUT2D eigenvalue weighted by molar-refractivity contribution is -0.156. The van der Waals surface area contributed by atoms with E-state index in [0.717, 1.165) is 0 Å². The van der Waals surface area contributed by atoms with Gasteiger partial charge in [0.25, 0.3) is 0 Å². The first kappa shape index (κ1) is 13.3. The highest BCUT2D eigenvalue weighted by Gasteiger charge is 2.51. The van der Waals surface area contributed by atoms with Crippen LogP contribution in [0.15, 0.2) is 0 Å². The Kier molecular flexibility index (Phi) is 3.52. The van der Waals surface area contributed by atoms with Crippen LogP contribution in [-0.2, 0) is 9.53 Å². The summed E-state index contributed by atoms with van der Waals surface area (Å²) in [4.78, 5) is 23.9. The molecule has 0 aromatic heterocycles. The first-order valence-electron chi connectivity index (χ1n) is 4.97. The van der Waals surface area contributed by atoms with Crippen LogP contribution in [0.25, 0.3) is 0 Å². The van der Waals surface area contributed by atoms with Gasteiger partial charge in [-0.15, -0.1) is 0 Å². The van der Waals surface area contributed by atoms with Crippen molar-refractivity contribution < 1.29 is 19.4 Å². The minimum atomic E-state index is -0.885. The fourth-order valence-electron chi connectivity index (χ4n) is 1.42. The lowest BCUT2D eigenvalue weighted by Crippen LogP contribution is -2.63. The van der Waals surface area contributed by atoms with E-state index in [1.54, 1.807) is 20.8 Å². The Balaban J connectivity index is 2.52. The smallest absolute Gasteiger partial charge is 0.410 e. The predicted molar refractivity (Wildman–Crippen MR) is 61.7 cm³/mol. The van der Waals surface area contributed by atoms with Crippen molar-refractivity contribution in [2.45, 2.75) is 26.4 Å². The zero-order valence-corrected chi connectivity index (χ0v) is 11.2. The number of nitrogens with zero attached hydrogens (tertiary/aromatic N) is 1. The number of amides is 1. The highest BCUT2D eigenvalue weighted by molar-refractivity contribution is 9.09. The first-order valence-corrected chi connectivity index (χ1v) is 6.10. The molecular formula is C10H16BrNO4.